The van der Waals surface area contributed by atoms with Crippen molar-refractivity contribution in [1.29, 1.82) is 0 Å². The molecule has 5 fully saturated rings. The zero-order valence-electron chi connectivity index (χ0n) is 12.2. The van der Waals surface area contributed by atoms with E-state index in [9.17, 15) is 4.79 Å². The highest BCUT2D eigenvalue weighted by Gasteiger charge is 2.51. The monoisotopic (exact) mass is 298 g/mol. The lowest BCUT2D eigenvalue weighted by Crippen LogP contribution is -2.54. The van der Waals surface area contributed by atoms with Crippen LogP contribution in [0.4, 0.5) is 0 Å². The van der Waals surface area contributed by atoms with Gasteiger partial charge in [0.05, 0.1) is 0 Å². The molecular weight excluding hydrogens is 272 g/mol. The Labute approximate surface area is 128 Å². The standard InChI is InChI=1S/C16H26N2O.ClH/c17-14-2-1-3-18(9-14)16(19)15-12-5-10-4-11(7-12)8-13(15)6-10;/h10-15H,1-9,17H2;1H/t10?,11?,12?,13?,14-,15?;/m1./s1. The van der Waals surface area contributed by atoms with E-state index in [-0.39, 0.29) is 18.4 Å². The van der Waals surface area contributed by atoms with Crippen molar-refractivity contribution in [1.82, 2.24) is 4.90 Å². The average Bonchev–Trinajstić information content (AvgIpc) is 2.37. The summed E-state index contributed by atoms with van der Waals surface area (Å²) in [5, 5.41) is 0. The number of likely N-dealkylation sites (tertiary alicyclic amines) is 1. The van der Waals surface area contributed by atoms with Gasteiger partial charge >= 0.3 is 0 Å². The first-order valence-electron chi connectivity index (χ1n) is 8.25. The predicted octanol–water partition coefficient (Wildman–Crippen LogP) is 2.43. The number of carbonyl (C=O) groups is 1. The second kappa shape index (κ2) is 5.49. The number of nitrogens with two attached hydrogens (primary N) is 1. The van der Waals surface area contributed by atoms with Crippen LogP contribution in [-0.2, 0) is 4.79 Å². The van der Waals surface area contributed by atoms with Gasteiger partial charge in [-0.15, -0.1) is 12.4 Å². The summed E-state index contributed by atoms with van der Waals surface area (Å²) in [6.07, 6.45) is 8.99. The third-order valence-electron chi connectivity index (χ3n) is 6.28. The summed E-state index contributed by atoms with van der Waals surface area (Å²) in [5.74, 6) is 4.15. The summed E-state index contributed by atoms with van der Waals surface area (Å²) in [6.45, 7) is 1.76. The van der Waals surface area contributed by atoms with Crippen LogP contribution >= 0.6 is 12.4 Å². The molecule has 0 radical (unpaired) electrons. The van der Waals surface area contributed by atoms with Gasteiger partial charge in [0.2, 0.25) is 5.91 Å². The minimum atomic E-state index is 0. The van der Waals surface area contributed by atoms with Crippen LogP contribution in [0.5, 0.6) is 0 Å². The van der Waals surface area contributed by atoms with Gasteiger partial charge in [0.15, 0.2) is 0 Å². The molecule has 20 heavy (non-hydrogen) atoms. The number of hydrogen-bond donors (Lipinski definition) is 1. The van der Waals surface area contributed by atoms with Gasteiger partial charge in [-0.25, -0.2) is 0 Å². The smallest absolute Gasteiger partial charge is 0.226 e. The lowest BCUT2D eigenvalue weighted by Gasteiger charge is -2.54. The highest BCUT2D eigenvalue weighted by atomic mass is 35.5. The largest absolute Gasteiger partial charge is 0.341 e. The molecular formula is C16H27ClN2O. The van der Waals surface area contributed by atoms with Crippen molar-refractivity contribution in [2.45, 2.75) is 51.0 Å². The van der Waals surface area contributed by atoms with Crippen molar-refractivity contribution in [3.8, 4) is 0 Å². The van der Waals surface area contributed by atoms with Crippen molar-refractivity contribution in [3.63, 3.8) is 0 Å². The Morgan fingerprint density at radius 2 is 1.60 bits per heavy atom. The lowest BCUT2D eigenvalue weighted by atomic mass is 9.51. The maximum atomic E-state index is 12.9. The molecule has 5 aliphatic rings. The van der Waals surface area contributed by atoms with Crippen LogP contribution in [0, 0.1) is 29.6 Å². The molecule has 0 spiro atoms. The van der Waals surface area contributed by atoms with Crippen LogP contribution in [0.15, 0.2) is 0 Å². The first-order chi connectivity index (χ1) is 9.20. The molecule has 5 rings (SSSR count). The molecule has 4 bridgehead atoms. The fourth-order valence-corrected chi connectivity index (χ4v) is 5.75. The number of piperidine rings is 1. The minimum absolute atomic E-state index is 0. The van der Waals surface area contributed by atoms with Gasteiger partial charge in [-0.2, -0.15) is 0 Å². The quantitative estimate of drug-likeness (QED) is 0.808. The Bertz CT molecular complexity index is 359. The third kappa shape index (κ3) is 2.37. The van der Waals surface area contributed by atoms with E-state index < -0.39 is 0 Å². The van der Waals surface area contributed by atoms with Gasteiger partial charge in [0.25, 0.3) is 0 Å². The van der Waals surface area contributed by atoms with Crippen molar-refractivity contribution < 1.29 is 4.79 Å². The third-order valence-corrected chi connectivity index (χ3v) is 6.28. The van der Waals surface area contributed by atoms with E-state index in [2.05, 4.69) is 4.90 Å². The molecule has 0 aromatic heterocycles. The van der Waals surface area contributed by atoms with E-state index in [1.807, 2.05) is 0 Å². The summed E-state index contributed by atoms with van der Waals surface area (Å²) in [5.41, 5.74) is 6.04. The molecule has 0 aromatic rings. The number of rotatable bonds is 1. The number of hydrogen-bond acceptors (Lipinski definition) is 2. The molecule has 4 heteroatoms. The van der Waals surface area contributed by atoms with Crippen molar-refractivity contribution in [2.75, 3.05) is 13.1 Å². The maximum absolute atomic E-state index is 12.9. The Morgan fingerprint density at radius 3 is 2.15 bits per heavy atom. The Kier molecular flexibility index (Phi) is 4.02. The second-order valence-corrected chi connectivity index (χ2v) is 7.64. The van der Waals surface area contributed by atoms with Crippen molar-refractivity contribution in [3.05, 3.63) is 0 Å². The molecule has 1 heterocycles. The summed E-state index contributed by atoms with van der Waals surface area (Å²) < 4.78 is 0. The van der Waals surface area contributed by atoms with Gasteiger partial charge in [0, 0.05) is 25.0 Å². The van der Waals surface area contributed by atoms with E-state index >= 15 is 0 Å². The zero-order valence-corrected chi connectivity index (χ0v) is 13.0. The van der Waals surface area contributed by atoms with E-state index in [4.69, 9.17) is 5.73 Å². The molecule has 4 aliphatic carbocycles. The molecule has 0 unspecified atom stereocenters. The van der Waals surface area contributed by atoms with Crippen LogP contribution in [0.3, 0.4) is 0 Å². The molecule has 2 N–H and O–H groups in total. The van der Waals surface area contributed by atoms with Gasteiger partial charge in [0.1, 0.15) is 0 Å². The minimum Gasteiger partial charge on any atom is -0.341 e. The van der Waals surface area contributed by atoms with Crippen LogP contribution in [-0.4, -0.2) is 29.9 Å². The number of carbonyl (C=O) groups excluding carboxylic acids is 1. The molecule has 0 aromatic carbocycles. The normalized spacial score (nSPS) is 46.1. The highest BCUT2D eigenvalue weighted by molar-refractivity contribution is 5.85. The molecule has 1 atom stereocenters. The Hall–Kier alpha value is -0.280. The van der Waals surface area contributed by atoms with Gasteiger partial charge in [-0.05, 0) is 68.6 Å². The maximum Gasteiger partial charge on any atom is 0.226 e. The van der Waals surface area contributed by atoms with Crippen LogP contribution in [0.1, 0.15) is 44.9 Å². The first kappa shape index (κ1) is 14.6. The summed E-state index contributed by atoms with van der Waals surface area (Å²) >= 11 is 0. The molecule has 1 amide bonds. The summed E-state index contributed by atoms with van der Waals surface area (Å²) in [6, 6.07) is 0.217. The van der Waals surface area contributed by atoms with E-state index in [1.54, 1.807) is 0 Å². The zero-order chi connectivity index (χ0) is 13.0. The highest BCUT2D eigenvalue weighted by Crippen LogP contribution is 2.56. The van der Waals surface area contributed by atoms with Crippen LogP contribution < -0.4 is 5.73 Å². The second-order valence-electron chi connectivity index (χ2n) is 7.64. The summed E-state index contributed by atoms with van der Waals surface area (Å²) in [7, 11) is 0. The lowest BCUT2D eigenvalue weighted by molar-refractivity contribution is -0.150. The average molecular weight is 299 g/mol. The van der Waals surface area contributed by atoms with Gasteiger partial charge in [-0.3, -0.25) is 4.79 Å². The number of amides is 1. The van der Waals surface area contributed by atoms with Gasteiger partial charge < -0.3 is 10.6 Å². The molecule has 3 nitrogen and oxygen atoms in total. The topological polar surface area (TPSA) is 46.3 Å². The fourth-order valence-electron chi connectivity index (χ4n) is 5.75. The molecule has 114 valence electrons. The van der Waals surface area contributed by atoms with Crippen molar-refractivity contribution >= 4 is 18.3 Å². The first-order valence-corrected chi connectivity index (χ1v) is 8.25. The van der Waals surface area contributed by atoms with E-state index in [1.165, 1.54) is 32.1 Å². The Morgan fingerprint density at radius 1 is 1.00 bits per heavy atom. The Balaban J connectivity index is 0.00000121. The van der Waals surface area contributed by atoms with Gasteiger partial charge in [-0.1, -0.05) is 0 Å². The molecule has 1 aliphatic heterocycles. The van der Waals surface area contributed by atoms with Crippen molar-refractivity contribution in [2.24, 2.45) is 35.3 Å². The molecule has 4 saturated carbocycles. The summed E-state index contributed by atoms with van der Waals surface area (Å²) in [4.78, 5) is 15.0. The SMILES string of the molecule is Cl.N[C@@H]1CCCN(C(=O)C2C3CC4CC(C3)CC2C4)C1. The molecule has 1 saturated heterocycles. The van der Waals surface area contributed by atoms with E-state index in [0.29, 0.717) is 23.7 Å². The fraction of sp³-hybridized carbons (Fsp3) is 0.938. The number of halogens is 1. The van der Waals surface area contributed by atoms with Crippen LogP contribution in [0.25, 0.3) is 0 Å². The predicted molar refractivity (Wildman–Crippen MR) is 81.6 cm³/mol. The van der Waals surface area contributed by atoms with E-state index in [0.717, 1.165) is 37.8 Å². The van der Waals surface area contributed by atoms with Crippen LogP contribution in [0.2, 0.25) is 0 Å². The number of nitrogens with zero attached hydrogens (tertiary/aromatic N) is 1.